The minimum absolute atomic E-state index is 0.305. The highest BCUT2D eigenvalue weighted by molar-refractivity contribution is 5.62. The fourth-order valence-corrected chi connectivity index (χ4v) is 4.18. The zero-order valence-electron chi connectivity index (χ0n) is 17.6. The Kier molecular flexibility index (Phi) is 5.62. The predicted octanol–water partition coefficient (Wildman–Crippen LogP) is 3.15. The summed E-state index contributed by atoms with van der Waals surface area (Å²) in [5, 5.41) is 0. The Morgan fingerprint density at radius 3 is 3.03 bits per heavy atom. The number of aryl methyl sites for hydroxylation is 1. The van der Waals surface area contributed by atoms with Gasteiger partial charge in [0.05, 0.1) is 18.3 Å². The van der Waals surface area contributed by atoms with E-state index in [1.807, 2.05) is 36.0 Å². The zero-order valence-corrected chi connectivity index (χ0v) is 17.6. The SMILES string of the molecule is Cc1cc(C2CCCN2CCN=CCc2ccc3c(c2)OCO3)nc(-n2ccnc2)n1. The molecule has 0 radical (unpaired) electrons. The molecule has 0 aliphatic carbocycles. The van der Waals surface area contributed by atoms with Crippen LogP contribution in [0.1, 0.15) is 35.8 Å². The molecule has 4 heterocycles. The van der Waals surface area contributed by atoms with Crippen molar-refractivity contribution in [2.24, 2.45) is 4.99 Å². The summed E-state index contributed by atoms with van der Waals surface area (Å²) in [6, 6.07) is 8.47. The molecule has 3 aromatic rings. The third kappa shape index (κ3) is 4.44. The quantitative estimate of drug-likeness (QED) is 0.549. The van der Waals surface area contributed by atoms with Gasteiger partial charge in [-0.2, -0.15) is 0 Å². The van der Waals surface area contributed by atoms with Gasteiger partial charge >= 0.3 is 0 Å². The summed E-state index contributed by atoms with van der Waals surface area (Å²) < 4.78 is 12.7. The summed E-state index contributed by atoms with van der Waals surface area (Å²) in [5.74, 6) is 2.32. The van der Waals surface area contributed by atoms with Crippen LogP contribution in [0.5, 0.6) is 11.5 Å². The molecule has 2 aliphatic rings. The average molecular weight is 419 g/mol. The van der Waals surface area contributed by atoms with Gasteiger partial charge in [-0.05, 0) is 50.1 Å². The summed E-state index contributed by atoms with van der Waals surface area (Å²) in [4.78, 5) is 20.6. The van der Waals surface area contributed by atoms with Gasteiger partial charge in [0, 0.05) is 37.3 Å². The van der Waals surface area contributed by atoms with Crippen molar-refractivity contribution < 1.29 is 9.47 Å². The molecule has 0 spiro atoms. The van der Waals surface area contributed by atoms with Crippen LogP contribution in [0.3, 0.4) is 0 Å². The molecule has 5 rings (SSSR count). The van der Waals surface area contributed by atoms with Gasteiger partial charge in [0.1, 0.15) is 6.33 Å². The maximum atomic E-state index is 5.44. The summed E-state index contributed by atoms with van der Waals surface area (Å²) >= 11 is 0. The molecule has 1 saturated heterocycles. The number of nitrogens with zero attached hydrogens (tertiary/aromatic N) is 6. The van der Waals surface area contributed by atoms with Crippen LogP contribution in [-0.4, -0.2) is 57.1 Å². The predicted molar refractivity (Wildman–Crippen MR) is 117 cm³/mol. The highest BCUT2D eigenvalue weighted by Gasteiger charge is 2.27. The molecule has 31 heavy (non-hydrogen) atoms. The lowest BCUT2D eigenvalue weighted by Gasteiger charge is -2.23. The lowest BCUT2D eigenvalue weighted by atomic mass is 10.1. The first kappa shape index (κ1) is 19.7. The van der Waals surface area contributed by atoms with Crippen molar-refractivity contribution in [1.29, 1.82) is 0 Å². The Morgan fingerprint density at radius 1 is 1.19 bits per heavy atom. The maximum absolute atomic E-state index is 5.44. The number of hydrogen-bond acceptors (Lipinski definition) is 7. The number of rotatable bonds is 7. The Bertz CT molecular complexity index is 1070. The molecule has 1 atom stereocenters. The minimum atomic E-state index is 0.305. The van der Waals surface area contributed by atoms with Crippen LogP contribution in [0, 0.1) is 6.92 Å². The van der Waals surface area contributed by atoms with Crippen molar-refractivity contribution in [3.63, 3.8) is 0 Å². The van der Waals surface area contributed by atoms with Crippen molar-refractivity contribution in [3.8, 4) is 17.4 Å². The van der Waals surface area contributed by atoms with Gasteiger partial charge in [-0.3, -0.25) is 14.5 Å². The standard InChI is InChI=1S/C23H26N6O2/c1-17-13-19(27-23(26-17)29-12-9-25-15-29)20-3-2-10-28(20)11-8-24-7-6-18-4-5-21-22(14-18)31-16-30-21/h4-5,7,9,12-15,20H,2-3,6,8,10-11,16H2,1H3. The molecule has 2 aliphatic heterocycles. The van der Waals surface area contributed by atoms with E-state index < -0.39 is 0 Å². The van der Waals surface area contributed by atoms with Gasteiger partial charge in [0.2, 0.25) is 12.7 Å². The molecule has 8 heteroatoms. The second-order valence-corrected chi connectivity index (χ2v) is 7.88. The van der Waals surface area contributed by atoms with Gasteiger partial charge in [0.25, 0.3) is 0 Å². The van der Waals surface area contributed by atoms with Crippen LogP contribution in [0.4, 0.5) is 0 Å². The molecule has 160 valence electrons. The van der Waals surface area contributed by atoms with Gasteiger partial charge in [-0.25, -0.2) is 15.0 Å². The van der Waals surface area contributed by atoms with E-state index in [-0.39, 0.29) is 0 Å². The molecule has 0 N–H and O–H groups in total. The fraction of sp³-hybridized carbons (Fsp3) is 0.391. The Labute approximate surface area is 181 Å². The molecule has 2 aromatic heterocycles. The number of likely N-dealkylation sites (tertiary alicyclic amines) is 1. The summed E-state index contributed by atoms with van der Waals surface area (Å²) in [5.41, 5.74) is 3.23. The Morgan fingerprint density at radius 2 is 2.13 bits per heavy atom. The second kappa shape index (κ2) is 8.85. The highest BCUT2D eigenvalue weighted by Crippen LogP contribution is 2.33. The molecule has 1 unspecified atom stereocenters. The van der Waals surface area contributed by atoms with Crippen LogP contribution in [0.15, 0.2) is 48.0 Å². The molecule has 0 amide bonds. The lowest BCUT2D eigenvalue weighted by molar-refractivity contribution is 0.174. The minimum Gasteiger partial charge on any atom is -0.454 e. The van der Waals surface area contributed by atoms with Crippen molar-refractivity contribution in [2.45, 2.75) is 32.2 Å². The average Bonchev–Trinajstić information content (AvgIpc) is 3.54. The van der Waals surface area contributed by atoms with E-state index in [4.69, 9.17) is 14.5 Å². The van der Waals surface area contributed by atoms with Gasteiger partial charge in [0.15, 0.2) is 11.5 Å². The number of ether oxygens (including phenoxy) is 2. The first-order valence-corrected chi connectivity index (χ1v) is 10.7. The maximum Gasteiger partial charge on any atom is 0.235 e. The number of aromatic nitrogens is 4. The van der Waals surface area contributed by atoms with Crippen LogP contribution in [0.2, 0.25) is 0 Å². The van der Waals surface area contributed by atoms with Crippen LogP contribution in [0.25, 0.3) is 5.95 Å². The number of aliphatic imine (C=N–C) groups is 1. The van der Waals surface area contributed by atoms with Crippen LogP contribution < -0.4 is 9.47 Å². The normalized spacial score (nSPS) is 18.3. The van der Waals surface area contributed by atoms with Gasteiger partial charge < -0.3 is 9.47 Å². The first-order chi connectivity index (χ1) is 15.3. The first-order valence-electron chi connectivity index (χ1n) is 10.7. The molecule has 0 saturated carbocycles. The summed E-state index contributed by atoms with van der Waals surface area (Å²) in [6.45, 7) is 5.10. The molecule has 1 aromatic carbocycles. The van der Waals surface area contributed by atoms with E-state index in [9.17, 15) is 0 Å². The Balaban J connectivity index is 1.19. The second-order valence-electron chi connectivity index (χ2n) is 7.88. The summed E-state index contributed by atoms with van der Waals surface area (Å²) in [6.07, 6.45) is 10.4. The van der Waals surface area contributed by atoms with E-state index in [0.717, 1.165) is 55.4 Å². The number of benzene rings is 1. The topological polar surface area (TPSA) is 77.7 Å². The number of hydrogen-bond donors (Lipinski definition) is 0. The lowest BCUT2D eigenvalue weighted by Crippen LogP contribution is -2.27. The smallest absolute Gasteiger partial charge is 0.235 e. The monoisotopic (exact) mass is 418 g/mol. The number of imidazole rings is 1. The molecular formula is C23H26N6O2. The van der Waals surface area contributed by atoms with E-state index in [1.165, 1.54) is 12.0 Å². The zero-order chi connectivity index (χ0) is 21.0. The highest BCUT2D eigenvalue weighted by atomic mass is 16.7. The van der Waals surface area contributed by atoms with E-state index >= 15 is 0 Å². The van der Waals surface area contributed by atoms with E-state index in [2.05, 4.69) is 32.0 Å². The van der Waals surface area contributed by atoms with Crippen LogP contribution >= 0.6 is 0 Å². The van der Waals surface area contributed by atoms with Gasteiger partial charge in [-0.1, -0.05) is 6.07 Å². The van der Waals surface area contributed by atoms with Crippen molar-refractivity contribution >= 4 is 6.21 Å². The van der Waals surface area contributed by atoms with Gasteiger partial charge in [-0.15, -0.1) is 0 Å². The molecule has 8 nitrogen and oxygen atoms in total. The molecule has 0 bridgehead atoms. The molecular weight excluding hydrogens is 392 g/mol. The summed E-state index contributed by atoms with van der Waals surface area (Å²) in [7, 11) is 0. The van der Waals surface area contributed by atoms with Crippen molar-refractivity contribution in [2.75, 3.05) is 26.4 Å². The van der Waals surface area contributed by atoms with Crippen molar-refractivity contribution in [3.05, 3.63) is 59.9 Å². The molecule has 1 fully saturated rings. The Hall–Kier alpha value is -3.26. The number of fused-ring (bicyclic) bond motifs is 1. The largest absolute Gasteiger partial charge is 0.454 e. The van der Waals surface area contributed by atoms with E-state index in [1.54, 1.807) is 12.5 Å². The third-order valence-corrected chi connectivity index (χ3v) is 5.71. The third-order valence-electron chi connectivity index (χ3n) is 5.71. The fourth-order valence-electron chi connectivity index (χ4n) is 4.18. The van der Waals surface area contributed by atoms with Crippen LogP contribution in [-0.2, 0) is 6.42 Å². The van der Waals surface area contributed by atoms with Crippen molar-refractivity contribution in [1.82, 2.24) is 24.4 Å². The van der Waals surface area contributed by atoms with E-state index in [0.29, 0.717) is 18.8 Å².